The van der Waals surface area contributed by atoms with Gasteiger partial charge >= 0.3 is 63.9 Å². The molecular weight excluding hydrogens is 120 g/mol. The first-order valence-electron chi connectivity index (χ1n) is 3.08. The van der Waals surface area contributed by atoms with Gasteiger partial charge in [-0.1, -0.05) is 0 Å². The molecule has 0 spiro atoms. The van der Waals surface area contributed by atoms with Crippen molar-refractivity contribution < 1.29 is 0 Å². The molecule has 0 fully saturated rings. The van der Waals surface area contributed by atoms with Gasteiger partial charge in [0.15, 0.2) is 0 Å². The summed E-state index contributed by atoms with van der Waals surface area (Å²) in [6.45, 7) is 3.93. The van der Waals surface area contributed by atoms with E-state index in [1.807, 2.05) is 19.9 Å². The summed E-state index contributed by atoms with van der Waals surface area (Å²) in [5.74, 6) is 0. The number of allylic oxidation sites excluding steroid dienone is 2. The molecule has 3 heteroatoms. The summed E-state index contributed by atoms with van der Waals surface area (Å²) in [6.07, 6.45) is 1.84. The minimum atomic E-state index is 0.267. The Morgan fingerprint density at radius 2 is 1.90 bits per heavy atom. The quantitative estimate of drug-likeness (QED) is 0.380. The van der Waals surface area contributed by atoms with Crippen LogP contribution in [0.4, 0.5) is 0 Å². The van der Waals surface area contributed by atoms with Crippen LogP contribution in [0.2, 0.25) is 0 Å². The number of hydrogen-bond donors (Lipinski definition) is 0. The van der Waals surface area contributed by atoms with Gasteiger partial charge in [-0.2, -0.15) is 0 Å². The zero-order chi connectivity index (χ0) is 8.15. The maximum absolute atomic E-state index is 5.31. The van der Waals surface area contributed by atoms with E-state index < -0.39 is 0 Å². The molecule has 0 rings (SSSR count). The van der Waals surface area contributed by atoms with Crippen LogP contribution in [0.3, 0.4) is 0 Å². The fourth-order valence-corrected chi connectivity index (χ4v) is 0.550. The molecule has 0 atom stereocenters. The van der Waals surface area contributed by atoms with Crippen molar-refractivity contribution >= 4 is 26.4 Å². The van der Waals surface area contributed by atoms with E-state index >= 15 is 0 Å². The van der Waals surface area contributed by atoms with Crippen molar-refractivity contribution in [3.63, 3.8) is 0 Å². The molecule has 0 amide bonds. The number of aliphatic imine (C=N–C) groups is 1. The van der Waals surface area contributed by atoms with E-state index in [4.69, 9.17) is 15.3 Å². The number of nitrogens with zero attached hydrogens (tertiary/aromatic N) is 1. The Morgan fingerprint density at radius 3 is 2.00 bits per heavy atom. The van der Waals surface area contributed by atoms with Gasteiger partial charge in [-0.05, 0) is 0 Å². The molecule has 0 aromatic heterocycles. The molecule has 0 aromatic carbocycles. The Hall–Kier alpha value is -0.590. The van der Waals surface area contributed by atoms with Crippen LogP contribution < -0.4 is 0 Å². The van der Waals surface area contributed by atoms with Crippen molar-refractivity contribution in [3.05, 3.63) is 11.6 Å². The van der Waals surface area contributed by atoms with E-state index in [2.05, 4.69) is 4.99 Å². The summed E-state index contributed by atoms with van der Waals surface area (Å²) in [4.78, 5) is 3.88. The first-order valence-corrected chi connectivity index (χ1v) is 3.08. The van der Waals surface area contributed by atoms with Gasteiger partial charge in [0, 0.05) is 0 Å². The van der Waals surface area contributed by atoms with E-state index in [9.17, 15) is 0 Å². The predicted molar refractivity (Wildman–Crippen MR) is 49.3 cm³/mol. The molecule has 0 aromatic rings. The van der Waals surface area contributed by atoms with Crippen molar-refractivity contribution in [2.24, 2.45) is 4.99 Å². The molecule has 3 radical (unpaired) electrons. The Labute approximate surface area is 64.7 Å². The molecule has 49 valence electrons. The molecule has 0 bridgehead atoms. The Bertz CT molecular complexity index is 188. The predicted octanol–water partition coefficient (Wildman–Crippen LogP) is 0.490. The maximum atomic E-state index is 5.31. The molecule has 0 heterocycles. The van der Waals surface area contributed by atoms with Gasteiger partial charge in [-0.3, -0.25) is 0 Å². The Morgan fingerprint density at radius 1 is 1.40 bits per heavy atom. The molecule has 0 saturated carbocycles. The van der Waals surface area contributed by atoms with Crippen LogP contribution in [0.5, 0.6) is 0 Å². The Kier molecular flexibility index (Phi) is 4.01. The first kappa shape index (κ1) is 9.41. The third-order valence-electron chi connectivity index (χ3n) is 0.962. The van der Waals surface area contributed by atoms with Crippen LogP contribution >= 0.6 is 0 Å². The topological polar surface area (TPSA) is 12.4 Å². The molecule has 0 aliphatic rings. The summed E-state index contributed by atoms with van der Waals surface area (Å²) in [5, 5.41) is 0.267. The Balaban J connectivity index is 4.42. The number of rotatable bonds is 2. The van der Waals surface area contributed by atoms with E-state index in [0.717, 1.165) is 5.57 Å². The van der Waals surface area contributed by atoms with Crippen LogP contribution in [-0.2, 0) is 0 Å². The summed E-state index contributed by atoms with van der Waals surface area (Å²) >= 11 is 0. The monoisotopic (exact) mass is 130 g/mol. The third-order valence-corrected chi connectivity index (χ3v) is 0.962. The number of hydrogen-bond acceptors (Lipinski definition) is 1. The fraction of sp³-hybridized carbons (Fsp3) is 0.429. The van der Waals surface area contributed by atoms with Crippen LogP contribution in [0.1, 0.15) is 13.8 Å². The van der Waals surface area contributed by atoms with E-state index in [1.54, 1.807) is 7.05 Å². The average molecular weight is 130 g/mol. The molecule has 10 heavy (non-hydrogen) atoms. The van der Waals surface area contributed by atoms with Gasteiger partial charge in [0.2, 0.25) is 0 Å². The van der Waals surface area contributed by atoms with Gasteiger partial charge in [-0.25, -0.2) is 0 Å². The van der Waals surface area contributed by atoms with Crippen molar-refractivity contribution in [2.75, 3.05) is 7.05 Å². The molecule has 1 nitrogen and oxygen atoms in total. The molecule has 0 aliphatic carbocycles. The zero-order valence-electron chi connectivity index (χ0n) is 6.68. The molecular formula is C7H10B2N. The van der Waals surface area contributed by atoms with Gasteiger partial charge in [-0.15, -0.1) is 0 Å². The van der Waals surface area contributed by atoms with Crippen LogP contribution in [0.15, 0.2) is 16.6 Å². The van der Waals surface area contributed by atoms with Crippen molar-refractivity contribution in [2.45, 2.75) is 13.8 Å². The zero-order valence-corrected chi connectivity index (χ0v) is 6.68. The second-order valence-corrected chi connectivity index (χ2v) is 2.29. The van der Waals surface area contributed by atoms with Crippen LogP contribution in [0.25, 0.3) is 0 Å². The molecule has 0 N–H and O–H groups in total. The van der Waals surface area contributed by atoms with E-state index in [1.165, 1.54) is 0 Å². The van der Waals surface area contributed by atoms with Crippen LogP contribution in [-0.4, -0.2) is 33.5 Å². The molecule has 0 saturated heterocycles. The van der Waals surface area contributed by atoms with Crippen molar-refractivity contribution in [3.8, 4) is 0 Å². The van der Waals surface area contributed by atoms with Gasteiger partial charge in [0.25, 0.3) is 0 Å². The summed E-state index contributed by atoms with van der Waals surface area (Å²) < 4.78 is 0. The van der Waals surface area contributed by atoms with Crippen LogP contribution in [0, 0.1) is 0 Å². The van der Waals surface area contributed by atoms with E-state index in [-0.39, 0.29) is 5.36 Å². The van der Waals surface area contributed by atoms with Gasteiger partial charge < -0.3 is 0 Å². The SMILES string of the molecule is [B]C(=[B])C(C=C(C)C)=NC. The fourth-order valence-electron chi connectivity index (χ4n) is 0.550. The standard InChI is InChI=1S/C7H10B2N/c1-5(2)4-6(10-3)7(8)9/h4H,1-3H3. The van der Waals surface area contributed by atoms with E-state index in [0.29, 0.717) is 5.71 Å². The van der Waals surface area contributed by atoms with Crippen molar-refractivity contribution in [1.82, 2.24) is 0 Å². The second kappa shape index (κ2) is 4.26. The average Bonchev–Trinajstić information content (AvgIpc) is 1.81. The summed E-state index contributed by atoms with van der Waals surface area (Å²) in [5.41, 5.74) is 1.79. The van der Waals surface area contributed by atoms with Crippen molar-refractivity contribution in [1.29, 1.82) is 0 Å². The minimum absolute atomic E-state index is 0.267. The normalized spacial score (nSPS) is 10.8. The summed E-state index contributed by atoms with van der Waals surface area (Å²) in [7, 11) is 12.3. The summed E-state index contributed by atoms with van der Waals surface area (Å²) in [6, 6.07) is 0. The molecule has 0 aliphatic heterocycles. The third kappa shape index (κ3) is 3.44. The van der Waals surface area contributed by atoms with Gasteiger partial charge in [0.05, 0.1) is 0 Å². The van der Waals surface area contributed by atoms with Gasteiger partial charge in [0.1, 0.15) is 0 Å². The molecule has 0 unspecified atom stereocenters. The first-order chi connectivity index (χ1) is 4.57. The second-order valence-electron chi connectivity index (χ2n) is 2.29.